The molecule has 1 saturated heterocycles. The van der Waals surface area contributed by atoms with Crippen molar-refractivity contribution in [2.24, 2.45) is 0 Å². The summed E-state index contributed by atoms with van der Waals surface area (Å²) in [5, 5.41) is 7.41. The Hall–Kier alpha value is -4.75. The van der Waals surface area contributed by atoms with Crippen LogP contribution < -0.4 is 15.4 Å². The molecular formula is C39H41N5O2. The zero-order valence-corrected chi connectivity index (χ0v) is 26.5. The SMILES string of the molecule is Cc1ccc(C(=O)Nc2cccc3c2CCC3)cc1-c1ccc2nc(Nc3ccc(OCCCN4CCCCC4)cc3)ncc2c1. The van der Waals surface area contributed by atoms with Crippen LogP contribution in [0.3, 0.4) is 0 Å². The Balaban J connectivity index is 0.990. The van der Waals surface area contributed by atoms with Gasteiger partial charge in [0.1, 0.15) is 5.75 Å². The molecule has 1 fully saturated rings. The van der Waals surface area contributed by atoms with Crippen molar-refractivity contribution in [2.45, 2.75) is 51.9 Å². The molecule has 7 heteroatoms. The molecular weight excluding hydrogens is 570 g/mol. The lowest BCUT2D eigenvalue weighted by Gasteiger charge is -2.26. The van der Waals surface area contributed by atoms with E-state index >= 15 is 0 Å². The molecule has 1 amide bonds. The minimum atomic E-state index is -0.0890. The maximum absolute atomic E-state index is 13.3. The van der Waals surface area contributed by atoms with Gasteiger partial charge in [-0.25, -0.2) is 9.97 Å². The molecule has 1 aliphatic carbocycles. The van der Waals surface area contributed by atoms with E-state index in [9.17, 15) is 4.79 Å². The van der Waals surface area contributed by atoms with Crippen molar-refractivity contribution in [3.8, 4) is 16.9 Å². The Morgan fingerprint density at radius 2 is 1.78 bits per heavy atom. The van der Waals surface area contributed by atoms with Gasteiger partial charge in [-0.05, 0) is 141 Å². The fourth-order valence-electron chi connectivity index (χ4n) is 6.69. The lowest BCUT2D eigenvalue weighted by molar-refractivity contribution is 0.102. The first-order valence-corrected chi connectivity index (χ1v) is 16.6. The van der Waals surface area contributed by atoms with E-state index in [4.69, 9.17) is 9.72 Å². The van der Waals surface area contributed by atoms with E-state index in [0.29, 0.717) is 11.5 Å². The summed E-state index contributed by atoms with van der Waals surface area (Å²) in [6.07, 6.45) is 10.1. The molecule has 234 valence electrons. The molecule has 0 radical (unpaired) electrons. The van der Waals surface area contributed by atoms with Gasteiger partial charge in [0.15, 0.2) is 0 Å². The summed E-state index contributed by atoms with van der Waals surface area (Å²) in [5.41, 5.74) is 9.08. The highest BCUT2D eigenvalue weighted by molar-refractivity contribution is 6.05. The summed E-state index contributed by atoms with van der Waals surface area (Å²) in [6, 6.07) is 26.2. The lowest BCUT2D eigenvalue weighted by Crippen LogP contribution is -2.31. The van der Waals surface area contributed by atoms with Gasteiger partial charge in [-0.1, -0.05) is 30.7 Å². The Morgan fingerprint density at radius 3 is 2.65 bits per heavy atom. The number of rotatable bonds is 10. The van der Waals surface area contributed by atoms with Crippen LogP contribution in [0.25, 0.3) is 22.0 Å². The number of aryl methyl sites for hydroxylation is 2. The van der Waals surface area contributed by atoms with Gasteiger partial charge in [0.2, 0.25) is 5.95 Å². The second kappa shape index (κ2) is 13.7. The maximum atomic E-state index is 13.3. The molecule has 0 unspecified atom stereocenters. The normalized spacial score (nSPS) is 14.6. The van der Waals surface area contributed by atoms with Gasteiger partial charge < -0.3 is 20.3 Å². The largest absolute Gasteiger partial charge is 0.494 e. The highest BCUT2D eigenvalue weighted by Crippen LogP contribution is 2.31. The van der Waals surface area contributed by atoms with E-state index < -0.39 is 0 Å². The summed E-state index contributed by atoms with van der Waals surface area (Å²) in [6.45, 7) is 6.36. The zero-order chi connectivity index (χ0) is 31.3. The maximum Gasteiger partial charge on any atom is 0.255 e. The number of carbonyl (C=O) groups is 1. The van der Waals surface area contributed by atoms with E-state index in [2.05, 4.69) is 45.6 Å². The number of fused-ring (bicyclic) bond motifs is 2. The summed E-state index contributed by atoms with van der Waals surface area (Å²) < 4.78 is 5.97. The summed E-state index contributed by atoms with van der Waals surface area (Å²) in [4.78, 5) is 25.2. The fourth-order valence-corrected chi connectivity index (χ4v) is 6.69. The molecule has 46 heavy (non-hydrogen) atoms. The van der Waals surface area contributed by atoms with E-state index in [1.807, 2.05) is 66.9 Å². The van der Waals surface area contributed by atoms with Crippen LogP contribution in [0.2, 0.25) is 0 Å². The first kappa shape index (κ1) is 29.9. The lowest BCUT2D eigenvalue weighted by atomic mass is 9.96. The van der Waals surface area contributed by atoms with Crippen molar-refractivity contribution in [3.63, 3.8) is 0 Å². The molecule has 7 rings (SSSR count). The number of nitrogens with zero attached hydrogens (tertiary/aromatic N) is 3. The van der Waals surface area contributed by atoms with Crippen molar-refractivity contribution in [1.82, 2.24) is 14.9 Å². The van der Waals surface area contributed by atoms with Crippen LogP contribution in [0.1, 0.15) is 59.2 Å². The van der Waals surface area contributed by atoms with Gasteiger partial charge in [-0.15, -0.1) is 0 Å². The van der Waals surface area contributed by atoms with Crippen molar-refractivity contribution in [3.05, 3.63) is 107 Å². The Labute approximate surface area is 271 Å². The fraction of sp³-hybridized carbons (Fsp3) is 0.308. The first-order chi connectivity index (χ1) is 22.6. The quantitative estimate of drug-likeness (QED) is 0.155. The average molecular weight is 612 g/mol. The number of amides is 1. The number of hydrogen-bond donors (Lipinski definition) is 2. The summed E-state index contributed by atoms with van der Waals surface area (Å²) in [7, 11) is 0. The van der Waals surface area contributed by atoms with Gasteiger partial charge in [0.25, 0.3) is 5.91 Å². The highest BCUT2D eigenvalue weighted by Gasteiger charge is 2.17. The minimum absolute atomic E-state index is 0.0890. The molecule has 1 aliphatic heterocycles. The predicted octanol–water partition coefficient (Wildman–Crippen LogP) is 8.34. The molecule has 7 nitrogen and oxygen atoms in total. The minimum Gasteiger partial charge on any atom is -0.494 e. The summed E-state index contributed by atoms with van der Waals surface area (Å²) >= 11 is 0. The van der Waals surface area contributed by atoms with Crippen molar-refractivity contribution in [1.29, 1.82) is 0 Å². The average Bonchev–Trinajstić information content (AvgIpc) is 3.58. The molecule has 1 aromatic heterocycles. The molecule has 0 spiro atoms. The Bertz CT molecular complexity index is 1850. The number of piperidine rings is 1. The summed E-state index contributed by atoms with van der Waals surface area (Å²) in [5.74, 6) is 1.32. The van der Waals surface area contributed by atoms with Crippen LogP contribution in [-0.4, -0.2) is 47.0 Å². The monoisotopic (exact) mass is 611 g/mol. The number of anilines is 3. The number of benzene rings is 4. The molecule has 2 heterocycles. The van der Waals surface area contributed by atoms with Crippen LogP contribution in [0.5, 0.6) is 5.75 Å². The second-order valence-electron chi connectivity index (χ2n) is 12.5. The van der Waals surface area contributed by atoms with Crippen LogP contribution in [0.4, 0.5) is 17.3 Å². The zero-order valence-electron chi connectivity index (χ0n) is 26.5. The van der Waals surface area contributed by atoms with Crippen LogP contribution in [-0.2, 0) is 12.8 Å². The third kappa shape index (κ3) is 6.90. The van der Waals surface area contributed by atoms with E-state index in [0.717, 1.165) is 83.6 Å². The molecule has 2 N–H and O–H groups in total. The topological polar surface area (TPSA) is 79.4 Å². The van der Waals surface area contributed by atoms with Crippen LogP contribution in [0.15, 0.2) is 85.1 Å². The number of ether oxygens (including phenoxy) is 1. The van der Waals surface area contributed by atoms with Crippen LogP contribution >= 0.6 is 0 Å². The Kier molecular flexibility index (Phi) is 8.92. The first-order valence-electron chi connectivity index (χ1n) is 16.6. The smallest absolute Gasteiger partial charge is 0.255 e. The number of carbonyl (C=O) groups excluding carboxylic acids is 1. The molecule has 5 aromatic rings. The van der Waals surface area contributed by atoms with Crippen LogP contribution in [0, 0.1) is 6.92 Å². The second-order valence-corrected chi connectivity index (χ2v) is 12.5. The van der Waals surface area contributed by atoms with E-state index in [-0.39, 0.29) is 5.91 Å². The molecule has 0 saturated carbocycles. The van der Waals surface area contributed by atoms with Gasteiger partial charge in [-0.3, -0.25) is 4.79 Å². The van der Waals surface area contributed by atoms with Crippen molar-refractivity contribution in [2.75, 3.05) is 36.9 Å². The van der Waals surface area contributed by atoms with Gasteiger partial charge in [0.05, 0.1) is 12.1 Å². The number of likely N-dealkylation sites (tertiary alicyclic amines) is 1. The van der Waals surface area contributed by atoms with E-state index in [1.165, 1.54) is 43.5 Å². The molecule has 0 bridgehead atoms. The molecule has 0 atom stereocenters. The predicted molar refractivity (Wildman–Crippen MR) is 186 cm³/mol. The third-order valence-corrected chi connectivity index (χ3v) is 9.23. The van der Waals surface area contributed by atoms with Crippen molar-refractivity contribution < 1.29 is 9.53 Å². The molecule has 4 aromatic carbocycles. The van der Waals surface area contributed by atoms with E-state index in [1.54, 1.807) is 0 Å². The van der Waals surface area contributed by atoms with Gasteiger partial charge in [0, 0.05) is 35.1 Å². The third-order valence-electron chi connectivity index (χ3n) is 9.23. The van der Waals surface area contributed by atoms with Gasteiger partial charge in [-0.2, -0.15) is 0 Å². The number of aromatic nitrogens is 2. The Morgan fingerprint density at radius 1 is 0.913 bits per heavy atom. The highest BCUT2D eigenvalue weighted by atomic mass is 16.5. The number of hydrogen-bond acceptors (Lipinski definition) is 6. The van der Waals surface area contributed by atoms with Crippen molar-refractivity contribution >= 4 is 34.1 Å². The van der Waals surface area contributed by atoms with Gasteiger partial charge >= 0.3 is 0 Å². The number of nitrogens with one attached hydrogen (secondary N) is 2. The standard InChI is InChI=1S/C39H41N5O2/c1-27-12-13-30(38(45)42-37-11-6-9-28-8-5-10-34(28)37)25-35(27)29-14-19-36-31(24-29)26-40-39(43-36)41-32-15-17-33(18-16-32)46-23-7-22-44-20-3-2-4-21-44/h6,9,11-19,24-26H,2-5,7-8,10,20-23H2,1H3,(H,42,45)(H,40,41,43). The molecule has 2 aliphatic rings.